The van der Waals surface area contributed by atoms with E-state index < -0.39 is 7.53 Å². The van der Waals surface area contributed by atoms with E-state index >= 15 is 0 Å². The van der Waals surface area contributed by atoms with Crippen LogP contribution >= 0.6 is 25.4 Å². The van der Waals surface area contributed by atoms with Crippen LogP contribution in [0.25, 0.3) is 0 Å². The summed E-state index contributed by atoms with van der Waals surface area (Å²) in [5.41, 5.74) is 4.19. The monoisotopic (exact) mass is 422 g/mol. The molecule has 1 saturated carbocycles. The van der Waals surface area contributed by atoms with E-state index in [2.05, 4.69) is 81.6 Å². The summed E-state index contributed by atoms with van der Waals surface area (Å²) >= 11 is 0. The molecule has 1 aromatic rings. The molecular weight excluding hydrogens is 385 g/mol. The van der Waals surface area contributed by atoms with Crippen LogP contribution in [0.2, 0.25) is 0 Å². The Hall–Kier alpha value is -0.0500. The molecule has 6 atom stereocenters. The van der Waals surface area contributed by atoms with Crippen molar-refractivity contribution in [2.75, 3.05) is 0 Å². The molecule has 1 aliphatic rings. The fraction of sp³-hybridized carbons (Fsp3) is 0.565. The first kappa shape index (κ1) is 23.2. The maximum Gasteiger partial charge on any atom is 0.0807 e. The van der Waals surface area contributed by atoms with Crippen LogP contribution in [-0.2, 0) is 10.9 Å². The molecule has 0 N–H and O–H groups in total. The van der Waals surface area contributed by atoms with E-state index in [0.29, 0.717) is 17.8 Å². The van der Waals surface area contributed by atoms with Crippen LogP contribution in [0.15, 0.2) is 48.6 Å². The summed E-state index contributed by atoms with van der Waals surface area (Å²) in [6, 6.07) is 8.93. The third-order valence-corrected chi connectivity index (χ3v) is 6.91. The fourth-order valence-corrected chi connectivity index (χ4v) is 5.68. The van der Waals surface area contributed by atoms with Crippen LogP contribution in [0.1, 0.15) is 57.1 Å². The molecule has 0 bridgehead atoms. The molecule has 0 spiro atoms. The van der Waals surface area contributed by atoms with Crippen molar-refractivity contribution in [3.05, 3.63) is 59.7 Å². The van der Waals surface area contributed by atoms with Crippen LogP contribution in [0.5, 0.6) is 0 Å². The SMILES string of the molecule is C=C1C[C@@H](C)[C@H](/C=C/[C@H](CCCCC)OP(P)P)[C@H]1Cc1cccc(C)c1. The molecule has 150 valence electrons. The van der Waals surface area contributed by atoms with Crippen molar-refractivity contribution in [1.82, 2.24) is 0 Å². The standard InChI is InChI=1S/C23H37OP3/c1-5-6-7-11-21(24-27(25)26)12-13-22-18(3)15-19(4)23(22)16-20-10-8-9-17(2)14-20/h8-10,12-14,18,21-23H,4-7,11,15-16,25-26H2,1-3H3/b13-12+/t18-,21+,22+,23+/m1/s1. The van der Waals surface area contributed by atoms with Gasteiger partial charge in [0.2, 0.25) is 0 Å². The lowest BCUT2D eigenvalue weighted by Crippen LogP contribution is -2.15. The summed E-state index contributed by atoms with van der Waals surface area (Å²) in [4.78, 5) is 0. The summed E-state index contributed by atoms with van der Waals surface area (Å²) < 4.78 is 6.17. The predicted octanol–water partition coefficient (Wildman–Crippen LogP) is 7.86. The van der Waals surface area contributed by atoms with Crippen LogP contribution in [-0.4, -0.2) is 6.10 Å². The number of aryl methyl sites for hydroxylation is 1. The molecular formula is C23H37OP3. The number of hydrogen-bond acceptors (Lipinski definition) is 1. The van der Waals surface area contributed by atoms with E-state index in [0.717, 1.165) is 19.3 Å². The van der Waals surface area contributed by atoms with E-state index in [9.17, 15) is 0 Å². The highest BCUT2D eigenvalue weighted by Crippen LogP contribution is 2.55. The van der Waals surface area contributed by atoms with E-state index in [1.807, 2.05) is 0 Å². The van der Waals surface area contributed by atoms with Crippen LogP contribution < -0.4 is 0 Å². The van der Waals surface area contributed by atoms with Crippen molar-refractivity contribution in [3.63, 3.8) is 0 Å². The first-order chi connectivity index (χ1) is 12.9. The zero-order valence-electron chi connectivity index (χ0n) is 17.2. The smallest absolute Gasteiger partial charge is 0.0807 e. The lowest BCUT2D eigenvalue weighted by atomic mass is 9.84. The van der Waals surface area contributed by atoms with Gasteiger partial charge in [0.1, 0.15) is 0 Å². The Kier molecular flexibility index (Phi) is 10.2. The fourth-order valence-electron chi connectivity index (χ4n) is 4.26. The van der Waals surface area contributed by atoms with E-state index in [4.69, 9.17) is 4.52 Å². The topological polar surface area (TPSA) is 9.23 Å². The molecule has 1 nitrogen and oxygen atoms in total. The molecule has 0 radical (unpaired) electrons. The quantitative estimate of drug-likeness (QED) is 0.212. The summed E-state index contributed by atoms with van der Waals surface area (Å²) in [5.74, 6) is 1.77. The van der Waals surface area contributed by atoms with Gasteiger partial charge in [0.15, 0.2) is 0 Å². The Morgan fingerprint density at radius 1 is 1.33 bits per heavy atom. The highest BCUT2D eigenvalue weighted by Gasteiger charge is 2.34. The van der Waals surface area contributed by atoms with Gasteiger partial charge in [-0.15, -0.1) is 0 Å². The van der Waals surface area contributed by atoms with Gasteiger partial charge in [-0.2, -0.15) is 0 Å². The second kappa shape index (κ2) is 11.8. The molecule has 1 fully saturated rings. The minimum atomic E-state index is -0.494. The summed E-state index contributed by atoms with van der Waals surface area (Å²) in [7, 11) is 5.10. The predicted molar refractivity (Wildman–Crippen MR) is 129 cm³/mol. The van der Waals surface area contributed by atoms with Crippen molar-refractivity contribution in [2.24, 2.45) is 17.8 Å². The lowest BCUT2D eigenvalue weighted by Gasteiger charge is -2.22. The van der Waals surface area contributed by atoms with E-state index in [1.54, 1.807) is 0 Å². The van der Waals surface area contributed by atoms with Gasteiger partial charge in [-0.3, -0.25) is 0 Å². The van der Waals surface area contributed by atoms with Crippen molar-refractivity contribution in [3.8, 4) is 0 Å². The second-order valence-electron chi connectivity index (χ2n) is 8.10. The summed E-state index contributed by atoms with van der Waals surface area (Å²) in [6.45, 7) is 11.2. The maximum absolute atomic E-state index is 6.17. The molecule has 0 heterocycles. The number of rotatable bonds is 10. The van der Waals surface area contributed by atoms with Gasteiger partial charge >= 0.3 is 0 Å². The number of allylic oxidation sites excluding steroid dienone is 2. The first-order valence-corrected chi connectivity index (χ1v) is 14.8. The van der Waals surface area contributed by atoms with Gasteiger partial charge in [-0.05, 0) is 49.5 Å². The Labute approximate surface area is 172 Å². The van der Waals surface area contributed by atoms with Crippen LogP contribution in [0.4, 0.5) is 0 Å². The summed E-state index contributed by atoms with van der Waals surface area (Å²) in [5, 5.41) is 0. The normalized spacial score (nSPS) is 24.2. The van der Waals surface area contributed by atoms with Crippen molar-refractivity contribution < 1.29 is 4.52 Å². The molecule has 0 saturated heterocycles. The largest absolute Gasteiger partial charge is 0.344 e. The molecule has 0 aromatic heterocycles. The second-order valence-corrected chi connectivity index (χ2v) is 13.9. The van der Waals surface area contributed by atoms with Gasteiger partial charge in [0.05, 0.1) is 13.6 Å². The molecule has 0 amide bonds. The number of benzene rings is 1. The molecule has 4 heteroatoms. The zero-order valence-corrected chi connectivity index (χ0v) is 20.4. The average molecular weight is 422 g/mol. The lowest BCUT2D eigenvalue weighted by molar-refractivity contribution is 0.268. The van der Waals surface area contributed by atoms with Gasteiger partial charge < -0.3 is 4.52 Å². The van der Waals surface area contributed by atoms with E-state index in [1.165, 1.54) is 36.0 Å². The molecule has 27 heavy (non-hydrogen) atoms. The Balaban J connectivity index is 2.08. The van der Waals surface area contributed by atoms with Crippen molar-refractivity contribution >= 4 is 25.4 Å². The Morgan fingerprint density at radius 2 is 2.11 bits per heavy atom. The van der Waals surface area contributed by atoms with Crippen molar-refractivity contribution in [1.29, 1.82) is 0 Å². The third kappa shape index (κ3) is 7.71. The third-order valence-electron chi connectivity index (χ3n) is 5.67. The highest BCUT2D eigenvalue weighted by atomic mass is 32.4. The number of unbranched alkanes of at least 4 members (excludes halogenated alkanes) is 2. The van der Waals surface area contributed by atoms with Crippen LogP contribution in [0, 0.1) is 24.7 Å². The van der Waals surface area contributed by atoms with Gasteiger partial charge in [-0.1, -0.05) is 105 Å². The zero-order chi connectivity index (χ0) is 19.8. The van der Waals surface area contributed by atoms with Crippen LogP contribution in [0.3, 0.4) is 0 Å². The van der Waals surface area contributed by atoms with Gasteiger partial charge in [0, 0.05) is 0 Å². The molecule has 2 rings (SSSR count). The van der Waals surface area contributed by atoms with Gasteiger partial charge in [-0.25, -0.2) is 0 Å². The minimum absolute atomic E-state index is 0.235. The maximum atomic E-state index is 6.17. The first-order valence-electron chi connectivity index (χ1n) is 10.3. The average Bonchev–Trinajstić information content (AvgIpc) is 2.85. The van der Waals surface area contributed by atoms with Gasteiger partial charge in [0.25, 0.3) is 0 Å². The Bertz CT molecular complexity index is 626. The molecule has 2 unspecified atom stereocenters. The molecule has 1 aliphatic carbocycles. The highest BCUT2D eigenvalue weighted by molar-refractivity contribution is 8.41. The molecule has 0 aliphatic heterocycles. The minimum Gasteiger partial charge on any atom is -0.344 e. The number of hydrogen-bond donors (Lipinski definition) is 0. The molecule has 1 aromatic carbocycles. The Morgan fingerprint density at radius 3 is 2.78 bits per heavy atom. The van der Waals surface area contributed by atoms with Crippen molar-refractivity contribution in [2.45, 2.75) is 65.4 Å². The summed E-state index contributed by atoms with van der Waals surface area (Å²) in [6.07, 6.45) is 12.2. The van der Waals surface area contributed by atoms with E-state index in [-0.39, 0.29) is 6.10 Å².